The zero-order chi connectivity index (χ0) is 13.8. The van der Waals surface area contributed by atoms with Crippen LogP contribution in [0.25, 0.3) is 0 Å². The summed E-state index contributed by atoms with van der Waals surface area (Å²) in [5.74, 6) is 0.817. The molecule has 0 unspecified atom stereocenters. The average Bonchev–Trinajstić information content (AvgIpc) is 2.44. The second-order valence-electron chi connectivity index (χ2n) is 5.64. The topological polar surface area (TPSA) is 49.6 Å². The van der Waals surface area contributed by atoms with Crippen LogP contribution in [0.4, 0.5) is 4.79 Å². The van der Waals surface area contributed by atoms with Gasteiger partial charge in [-0.25, -0.2) is 4.79 Å². The van der Waals surface area contributed by atoms with Gasteiger partial charge in [-0.3, -0.25) is 0 Å². The average molecular weight is 255 g/mol. The van der Waals surface area contributed by atoms with Crippen molar-refractivity contribution in [1.29, 1.82) is 0 Å². The fraction of sp³-hybridized carbons (Fsp3) is 0.929. The van der Waals surface area contributed by atoms with Crippen LogP contribution in [-0.2, 0) is 0 Å². The Morgan fingerprint density at radius 1 is 1.28 bits per heavy atom. The number of carbonyl (C=O) groups is 1. The van der Waals surface area contributed by atoms with Crippen molar-refractivity contribution >= 4 is 6.03 Å². The van der Waals surface area contributed by atoms with Crippen LogP contribution in [0.1, 0.15) is 46.0 Å². The van der Waals surface area contributed by atoms with Crippen LogP contribution in [0.2, 0.25) is 0 Å². The molecule has 0 spiro atoms. The summed E-state index contributed by atoms with van der Waals surface area (Å²) in [6, 6.07) is 0.0953. The van der Waals surface area contributed by atoms with Gasteiger partial charge < -0.3 is 15.5 Å². The van der Waals surface area contributed by atoms with Crippen molar-refractivity contribution < 1.29 is 4.79 Å². The number of rotatable bonds is 4. The van der Waals surface area contributed by atoms with E-state index >= 15 is 0 Å². The fourth-order valence-corrected chi connectivity index (χ4v) is 2.89. The summed E-state index contributed by atoms with van der Waals surface area (Å²) >= 11 is 0. The molecule has 0 aliphatic heterocycles. The molecular formula is C14H29N3O. The lowest BCUT2D eigenvalue weighted by Crippen LogP contribution is -2.58. The second kappa shape index (κ2) is 6.41. The summed E-state index contributed by atoms with van der Waals surface area (Å²) < 4.78 is 0. The summed E-state index contributed by atoms with van der Waals surface area (Å²) in [7, 11) is 3.76. The lowest BCUT2D eigenvalue weighted by Gasteiger charge is -2.46. The highest BCUT2D eigenvalue weighted by molar-refractivity contribution is 5.74. The zero-order valence-corrected chi connectivity index (χ0v) is 12.4. The Kier molecular flexibility index (Phi) is 5.45. The molecule has 1 aliphatic carbocycles. The van der Waals surface area contributed by atoms with Crippen molar-refractivity contribution in [2.24, 2.45) is 11.7 Å². The fourth-order valence-electron chi connectivity index (χ4n) is 2.89. The van der Waals surface area contributed by atoms with Crippen LogP contribution in [0.5, 0.6) is 0 Å². The van der Waals surface area contributed by atoms with Crippen molar-refractivity contribution in [3.63, 3.8) is 0 Å². The van der Waals surface area contributed by atoms with Gasteiger partial charge in [-0.1, -0.05) is 13.3 Å². The van der Waals surface area contributed by atoms with E-state index in [-0.39, 0.29) is 11.6 Å². The van der Waals surface area contributed by atoms with Crippen molar-refractivity contribution in [1.82, 2.24) is 9.80 Å². The Morgan fingerprint density at radius 2 is 1.83 bits per heavy atom. The monoisotopic (exact) mass is 255 g/mol. The van der Waals surface area contributed by atoms with Gasteiger partial charge in [0.1, 0.15) is 0 Å². The van der Waals surface area contributed by atoms with Crippen molar-refractivity contribution in [2.75, 3.05) is 27.2 Å². The van der Waals surface area contributed by atoms with E-state index in [1.165, 1.54) is 19.3 Å². The first kappa shape index (κ1) is 15.3. The number of amides is 2. The van der Waals surface area contributed by atoms with E-state index in [4.69, 9.17) is 5.73 Å². The van der Waals surface area contributed by atoms with Crippen molar-refractivity contribution in [2.45, 2.75) is 51.5 Å². The van der Waals surface area contributed by atoms with E-state index in [9.17, 15) is 4.79 Å². The summed E-state index contributed by atoms with van der Waals surface area (Å²) in [4.78, 5) is 15.9. The molecule has 4 nitrogen and oxygen atoms in total. The largest absolute Gasteiger partial charge is 0.328 e. The molecular weight excluding hydrogens is 226 g/mol. The Morgan fingerprint density at radius 3 is 2.22 bits per heavy atom. The molecule has 0 aromatic carbocycles. The van der Waals surface area contributed by atoms with E-state index in [0.29, 0.717) is 6.54 Å². The van der Waals surface area contributed by atoms with Crippen molar-refractivity contribution in [3.05, 3.63) is 0 Å². The molecule has 0 aromatic heterocycles. The lowest BCUT2D eigenvalue weighted by atomic mass is 9.75. The van der Waals surface area contributed by atoms with E-state index < -0.39 is 0 Å². The Hall–Kier alpha value is -0.770. The van der Waals surface area contributed by atoms with Gasteiger partial charge in [-0.05, 0) is 38.5 Å². The van der Waals surface area contributed by atoms with E-state index in [1.54, 1.807) is 4.90 Å². The summed E-state index contributed by atoms with van der Waals surface area (Å²) in [6.07, 6.45) is 5.72. The number of nitrogens with two attached hydrogens (primary N) is 1. The molecule has 18 heavy (non-hydrogen) atoms. The maximum absolute atomic E-state index is 12.3. The molecule has 2 amide bonds. The predicted molar refractivity (Wildman–Crippen MR) is 75.5 cm³/mol. The van der Waals surface area contributed by atoms with Crippen molar-refractivity contribution in [3.8, 4) is 0 Å². The molecule has 1 aliphatic rings. The number of carbonyl (C=O) groups excluding carboxylic acids is 1. The molecule has 0 saturated heterocycles. The first-order valence-electron chi connectivity index (χ1n) is 7.19. The standard InChI is InChI=1S/C14H29N3O/c1-5-12-7-9-14(11-15,10-8-12)17(4)13(18)16(3)6-2/h12H,5-11,15H2,1-4H3. The van der Waals surface area contributed by atoms with Gasteiger partial charge in [0.2, 0.25) is 0 Å². The predicted octanol–water partition coefficient (Wildman–Crippen LogP) is 2.29. The zero-order valence-electron chi connectivity index (χ0n) is 12.4. The Bertz CT molecular complexity index is 272. The molecule has 0 atom stereocenters. The number of likely N-dealkylation sites (N-methyl/N-ethyl adjacent to an activating group) is 1. The summed E-state index contributed by atoms with van der Waals surface area (Å²) in [5, 5.41) is 0. The van der Waals surface area contributed by atoms with E-state index in [2.05, 4.69) is 6.92 Å². The van der Waals surface area contributed by atoms with E-state index in [0.717, 1.165) is 25.3 Å². The van der Waals surface area contributed by atoms with Crippen LogP contribution >= 0.6 is 0 Å². The molecule has 0 bridgehead atoms. The minimum atomic E-state index is -0.119. The summed E-state index contributed by atoms with van der Waals surface area (Å²) in [5.41, 5.74) is 5.87. The highest BCUT2D eigenvalue weighted by Gasteiger charge is 2.40. The number of urea groups is 1. The molecule has 0 heterocycles. The smallest absolute Gasteiger partial charge is 0.319 e. The number of nitrogens with zero attached hydrogens (tertiary/aromatic N) is 2. The van der Waals surface area contributed by atoms with Crippen LogP contribution in [0.3, 0.4) is 0 Å². The molecule has 2 N–H and O–H groups in total. The SMILES string of the molecule is CCC1CCC(CN)(N(C)C(=O)N(C)CC)CC1. The number of hydrogen-bond donors (Lipinski definition) is 1. The highest BCUT2D eigenvalue weighted by Crippen LogP contribution is 2.36. The summed E-state index contributed by atoms with van der Waals surface area (Å²) in [6.45, 7) is 5.55. The third-order valence-corrected chi connectivity index (χ3v) is 4.79. The first-order chi connectivity index (χ1) is 8.50. The van der Waals surface area contributed by atoms with Crippen LogP contribution in [-0.4, -0.2) is 48.6 Å². The van der Waals surface area contributed by atoms with E-state index in [1.807, 2.05) is 25.9 Å². The lowest BCUT2D eigenvalue weighted by molar-refractivity contribution is 0.0713. The minimum absolute atomic E-state index is 0.0953. The van der Waals surface area contributed by atoms with Gasteiger partial charge in [0.25, 0.3) is 0 Å². The molecule has 106 valence electrons. The van der Waals surface area contributed by atoms with Gasteiger partial charge in [0.05, 0.1) is 5.54 Å². The Balaban J connectivity index is 2.73. The maximum Gasteiger partial charge on any atom is 0.319 e. The van der Waals surface area contributed by atoms with Gasteiger partial charge in [-0.2, -0.15) is 0 Å². The molecule has 1 fully saturated rings. The molecule has 1 saturated carbocycles. The minimum Gasteiger partial charge on any atom is -0.328 e. The Labute approximate surface area is 111 Å². The normalized spacial score (nSPS) is 27.9. The molecule has 0 aromatic rings. The van der Waals surface area contributed by atoms with Crippen LogP contribution < -0.4 is 5.73 Å². The number of hydrogen-bond acceptors (Lipinski definition) is 2. The highest BCUT2D eigenvalue weighted by atomic mass is 16.2. The third-order valence-electron chi connectivity index (χ3n) is 4.79. The quantitative estimate of drug-likeness (QED) is 0.838. The third kappa shape index (κ3) is 2.97. The molecule has 0 radical (unpaired) electrons. The maximum atomic E-state index is 12.3. The second-order valence-corrected chi connectivity index (χ2v) is 5.64. The van der Waals surface area contributed by atoms with Crippen LogP contribution in [0, 0.1) is 5.92 Å². The molecule has 1 rings (SSSR count). The van der Waals surface area contributed by atoms with Gasteiger partial charge in [0, 0.05) is 27.2 Å². The van der Waals surface area contributed by atoms with Gasteiger partial charge >= 0.3 is 6.03 Å². The van der Waals surface area contributed by atoms with Crippen LogP contribution in [0.15, 0.2) is 0 Å². The first-order valence-corrected chi connectivity index (χ1v) is 7.19. The van der Waals surface area contributed by atoms with Gasteiger partial charge in [0.15, 0.2) is 0 Å². The molecule has 4 heteroatoms. The van der Waals surface area contributed by atoms with Gasteiger partial charge in [-0.15, -0.1) is 0 Å².